The zero-order valence-electron chi connectivity index (χ0n) is 15.1. The Bertz CT molecular complexity index is 940. The zero-order chi connectivity index (χ0) is 20.1. The molecule has 0 aliphatic heterocycles. The summed E-state index contributed by atoms with van der Waals surface area (Å²) in [6.45, 7) is 0.416. The molecule has 0 radical (unpaired) electrons. The maximum absolute atomic E-state index is 13.2. The van der Waals surface area contributed by atoms with Crippen LogP contribution in [0.2, 0.25) is 0 Å². The van der Waals surface area contributed by atoms with E-state index in [4.69, 9.17) is 10.5 Å². The van der Waals surface area contributed by atoms with Gasteiger partial charge in [-0.3, -0.25) is 0 Å². The van der Waals surface area contributed by atoms with Crippen molar-refractivity contribution in [3.8, 4) is 22.8 Å². The van der Waals surface area contributed by atoms with Crippen molar-refractivity contribution in [2.45, 2.75) is 12.8 Å². The van der Waals surface area contributed by atoms with Gasteiger partial charge < -0.3 is 15.8 Å². The van der Waals surface area contributed by atoms with E-state index in [9.17, 15) is 13.6 Å². The number of hydrogen-bond acceptors (Lipinski definition) is 4. The van der Waals surface area contributed by atoms with Crippen LogP contribution < -0.4 is 15.8 Å². The molecule has 0 aliphatic rings. The first-order valence-corrected chi connectivity index (χ1v) is 8.49. The normalized spacial score (nSPS) is 10.9. The van der Waals surface area contributed by atoms with E-state index in [1.54, 1.807) is 12.1 Å². The number of nitrogens with one attached hydrogen (secondary N) is 1. The number of benzene rings is 1. The van der Waals surface area contributed by atoms with Gasteiger partial charge in [0.2, 0.25) is 5.88 Å². The molecule has 2 aromatic heterocycles. The number of nitrogens with two attached hydrogens (primary N) is 1. The molecular formula is C19H19F2N5O2. The van der Waals surface area contributed by atoms with Gasteiger partial charge in [-0.05, 0) is 24.1 Å². The van der Waals surface area contributed by atoms with E-state index in [2.05, 4.69) is 15.4 Å². The molecule has 3 aromatic rings. The average molecular weight is 387 g/mol. The fourth-order valence-electron chi connectivity index (χ4n) is 2.70. The van der Waals surface area contributed by atoms with Gasteiger partial charge in [0.15, 0.2) is 0 Å². The summed E-state index contributed by atoms with van der Waals surface area (Å²) in [7, 11) is 1.50. The Hall–Kier alpha value is -3.49. The van der Waals surface area contributed by atoms with Crippen LogP contribution in [0.15, 0.2) is 48.7 Å². The van der Waals surface area contributed by atoms with Crippen LogP contribution in [0.3, 0.4) is 0 Å². The largest absolute Gasteiger partial charge is 0.481 e. The minimum atomic E-state index is -2.69. The summed E-state index contributed by atoms with van der Waals surface area (Å²) in [5.74, 6) is 0.417. The highest BCUT2D eigenvalue weighted by molar-refractivity contribution is 5.71. The number of hydrogen-bond donors (Lipinski definition) is 2. The number of carbonyl (C=O) groups is 1. The third-order valence-corrected chi connectivity index (χ3v) is 4.09. The Morgan fingerprint density at radius 1 is 1.25 bits per heavy atom. The van der Waals surface area contributed by atoms with Gasteiger partial charge in [0.25, 0.3) is 6.43 Å². The monoisotopic (exact) mass is 387 g/mol. The molecule has 0 bridgehead atoms. The fourth-order valence-corrected chi connectivity index (χ4v) is 2.70. The minimum Gasteiger partial charge on any atom is -0.481 e. The summed E-state index contributed by atoms with van der Waals surface area (Å²) in [6, 6.07) is 11.5. The smallest absolute Gasteiger partial charge is 0.312 e. The molecule has 2 amide bonds. The van der Waals surface area contributed by atoms with Crippen molar-refractivity contribution in [3.05, 3.63) is 59.9 Å². The summed E-state index contributed by atoms with van der Waals surface area (Å²) in [6.07, 6.45) is -0.577. The number of nitrogens with zero attached hydrogens (tertiary/aromatic N) is 3. The maximum atomic E-state index is 13.2. The van der Waals surface area contributed by atoms with E-state index in [0.717, 1.165) is 11.1 Å². The van der Waals surface area contributed by atoms with Crippen LogP contribution in [0.4, 0.5) is 13.6 Å². The standard InChI is InChI=1S/C19H19F2N5O2/c1-28-17-7-6-14(11-24-17)26-16(10-15(25-26)18(20)21)13-4-2-12(3-5-13)8-9-23-19(22)27/h2-7,10-11,18H,8-9H2,1H3,(H3,22,23,27). The summed E-state index contributed by atoms with van der Waals surface area (Å²) < 4.78 is 32.9. The van der Waals surface area contributed by atoms with E-state index in [1.807, 2.05) is 24.3 Å². The van der Waals surface area contributed by atoms with E-state index in [0.29, 0.717) is 30.2 Å². The van der Waals surface area contributed by atoms with Crippen LogP contribution in [0.1, 0.15) is 17.7 Å². The third-order valence-electron chi connectivity index (χ3n) is 4.09. The fraction of sp³-hybridized carbons (Fsp3) is 0.211. The lowest BCUT2D eigenvalue weighted by Crippen LogP contribution is -2.30. The average Bonchev–Trinajstić information content (AvgIpc) is 3.14. The van der Waals surface area contributed by atoms with Crippen molar-refractivity contribution in [2.24, 2.45) is 5.73 Å². The number of pyridine rings is 1. The number of alkyl halides is 2. The SMILES string of the molecule is COc1ccc(-n2nc(C(F)F)cc2-c2ccc(CCNC(N)=O)cc2)cn1. The Labute approximate surface area is 160 Å². The lowest BCUT2D eigenvalue weighted by Gasteiger charge is -2.09. The summed E-state index contributed by atoms with van der Waals surface area (Å²) in [5.41, 5.74) is 7.48. The summed E-state index contributed by atoms with van der Waals surface area (Å²) in [5, 5.41) is 6.55. The number of carbonyl (C=O) groups excluding carboxylic acids is 1. The van der Waals surface area contributed by atoms with Gasteiger partial charge in [0, 0.05) is 18.2 Å². The van der Waals surface area contributed by atoms with Crippen LogP contribution in [0, 0.1) is 0 Å². The minimum absolute atomic E-state index is 0.319. The first-order valence-electron chi connectivity index (χ1n) is 8.49. The van der Waals surface area contributed by atoms with Gasteiger partial charge in [-0.25, -0.2) is 23.2 Å². The van der Waals surface area contributed by atoms with Gasteiger partial charge in [0.05, 0.1) is 24.7 Å². The highest BCUT2D eigenvalue weighted by Gasteiger charge is 2.18. The molecule has 0 saturated carbocycles. The van der Waals surface area contributed by atoms with Crippen LogP contribution >= 0.6 is 0 Å². The Balaban J connectivity index is 1.90. The molecule has 2 heterocycles. The highest BCUT2D eigenvalue weighted by atomic mass is 19.3. The van der Waals surface area contributed by atoms with E-state index >= 15 is 0 Å². The van der Waals surface area contributed by atoms with Crippen molar-refractivity contribution >= 4 is 6.03 Å². The quantitative estimate of drug-likeness (QED) is 0.651. The molecule has 1 aromatic carbocycles. The van der Waals surface area contributed by atoms with Crippen LogP contribution in [0.5, 0.6) is 5.88 Å². The number of primary amides is 1. The maximum Gasteiger partial charge on any atom is 0.312 e. The molecule has 0 fully saturated rings. The molecule has 0 saturated heterocycles. The molecule has 0 spiro atoms. The van der Waals surface area contributed by atoms with Gasteiger partial charge in [-0.1, -0.05) is 24.3 Å². The summed E-state index contributed by atoms with van der Waals surface area (Å²) >= 11 is 0. The molecule has 0 atom stereocenters. The molecular weight excluding hydrogens is 368 g/mol. The van der Waals surface area contributed by atoms with Crippen molar-refractivity contribution < 1.29 is 18.3 Å². The molecule has 7 nitrogen and oxygen atoms in total. The summed E-state index contributed by atoms with van der Waals surface area (Å²) in [4.78, 5) is 14.8. The first-order chi connectivity index (χ1) is 13.5. The molecule has 0 aliphatic carbocycles. The lowest BCUT2D eigenvalue weighted by atomic mass is 10.1. The zero-order valence-corrected chi connectivity index (χ0v) is 15.1. The second-order valence-electron chi connectivity index (χ2n) is 5.96. The van der Waals surface area contributed by atoms with E-state index < -0.39 is 12.5 Å². The van der Waals surface area contributed by atoms with Gasteiger partial charge in [-0.2, -0.15) is 5.10 Å². The van der Waals surface area contributed by atoms with Gasteiger partial charge >= 0.3 is 6.03 Å². The van der Waals surface area contributed by atoms with Gasteiger partial charge in [0.1, 0.15) is 5.69 Å². The molecule has 28 heavy (non-hydrogen) atoms. The van der Waals surface area contributed by atoms with Crippen LogP contribution in [-0.2, 0) is 6.42 Å². The number of methoxy groups -OCH3 is 1. The van der Waals surface area contributed by atoms with E-state index in [1.165, 1.54) is 24.1 Å². The van der Waals surface area contributed by atoms with Crippen molar-refractivity contribution in [1.29, 1.82) is 0 Å². The third kappa shape index (κ3) is 4.43. The van der Waals surface area contributed by atoms with E-state index in [-0.39, 0.29) is 5.69 Å². The van der Waals surface area contributed by atoms with Crippen molar-refractivity contribution in [3.63, 3.8) is 0 Å². The van der Waals surface area contributed by atoms with Crippen LogP contribution in [0.25, 0.3) is 16.9 Å². The molecule has 0 unspecified atom stereocenters. The van der Waals surface area contributed by atoms with Crippen molar-refractivity contribution in [2.75, 3.05) is 13.7 Å². The number of ether oxygens (including phenoxy) is 1. The number of rotatable bonds is 7. The second kappa shape index (κ2) is 8.47. The molecule has 146 valence electrons. The first kappa shape index (κ1) is 19.3. The lowest BCUT2D eigenvalue weighted by molar-refractivity contribution is 0.145. The predicted molar refractivity (Wildman–Crippen MR) is 99.6 cm³/mol. The topological polar surface area (TPSA) is 95.1 Å². The van der Waals surface area contributed by atoms with Gasteiger partial charge in [-0.15, -0.1) is 0 Å². The number of halogens is 2. The molecule has 3 rings (SSSR count). The Kier molecular flexibility index (Phi) is 5.83. The predicted octanol–water partition coefficient (Wildman–Crippen LogP) is 3.09. The second-order valence-corrected chi connectivity index (χ2v) is 5.96. The number of amides is 2. The number of urea groups is 1. The Morgan fingerprint density at radius 3 is 2.57 bits per heavy atom. The molecule has 9 heteroatoms. The number of aromatic nitrogens is 3. The van der Waals surface area contributed by atoms with Crippen LogP contribution in [-0.4, -0.2) is 34.5 Å². The Morgan fingerprint density at radius 2 is 2.00 bits per heavy atom. The van der Waals surface area contributed by atoms with Crippen molar-refractivity contribution in [1.82, 2.24) is 20.1 Å². The molecule has 3 N–H and O–H groups in total. The highest BCUT2D eigenvalue weighted by Crippen LogP contribution is 2.28.